The van der Waals surface area contributed by atoms with E-state index in [0.29, 0.717) is 0 Å². The SMILES string of the molecule is CC(C)OC(=O)CC(=O)C1CCCCC1. The first kappa shape index (κ1) is 12.2. The molecule has 0 aromatic carbocycles. The van der Waals surface area contributed by atoms with Gasteiger partial charge in [0.1, 0.15) is 12.2 Å². The molecule has 15 heavy (non-hydrogen) atoms. The summed E-state index contributed by atoms with van der Waals surface area (Å²) in [5.41, 5.74) is 0. The average molecular weight is 212 g/mol. The van der Waals surface area contributed by atoms with Crippen LogP contribution in [-0.4, -0.2) is 17.9 Å². The van der Waals surface area contributed by atoms with Gasteiger partial charge in [-0.2, -0.15) is 0 Å². The standard InChI is InChI=1S/C12H20O3/c1-9(2)15-12(14)8-11(13)10-6-4-3-5-7-10/h9-10H,3-8H2,1-2H3. The van der Waals surface area contributed by atoms with Crippen molar-refractivity contribution in [2.45, 2.75) is 58.5 Å². The molecule has 0 saturated heterocycles. The van der Waals surface area contributed by atoms with Gasteiger partial charge in [-0.3, -0.25) is 9.59 Å². The van der Waals surface area contributed by atoms with Gasteiger partial charge in [-0.05, 0) is 26.7 Å². The van der Waals surface area contributed by atoms with Gasteiger partial charge in [0.05, 0.1) is 6.10 Å². The van der Waals surface area contributed by atoms with Crippen LogP contribution in [0.25, 0.3) is 0 Å². The molecule has 0 unspecified atom stereocenters. The zero-order chi connectivity index (χ0) is 11.3. The van der Waals surface area contributed by atoms with E-state index < -0.39 is 0 Å². The summed E-state index contributed by atoms with van der Waals surface area (Å²) in [5, 5.41) is 0. The van der Waals surface area contributed by atoms with Crippen LogP contribution in [0.2, 0.25) is 0 Å². The molecule has 86 valence electrons. The molecule has 1 fully saturated rings. The van der Waals surface area contributed by atoms with Crippen molar-refractivity contribution >= 4 is 11.8 Å². The minimum absolute atomic E-state index is 0.0388. The van der Waals surface area contributed by atoms with Crippen molar-refractivity contribution in [2.24, 2.45) is 5.92 Å². The number of ether oxygens (including phenoxy) is 1. The van der Waals surface area contributed by atoms with Gasteiger partial charge >= 0.3 is 5.97 Å². The van der Waals surface area contributed by atoms with Crippen LogP contribution in [0.3, 0.4) is 0 Å². The van der Waals surface area contributed by atoms with Crippen molar-refractivity contribution in [3.05, 3.63) is 0 Å². The van der Waals surface area contributed by atoms with E-state index in [9.17, 15) is 9.59 Å². The number of Topliss-reactive ketones (excluding diaryl/α,β-unsaturated/α-hetero) is 1. The summed E-state index contributed by atoms with van der Waals surface area (Å²) < 4.78 is 4.95. The zero-order valence-corrected chi connectivity index (χ0v) is 9.62. The highest BCUT2D eigenvalue weighted by atomic mass is 16.5. The first-order valence-corrected chi connectivity index (χ1v) is 5.82. The lowest BCUT2D eigenvalue weighted by atomic mass is 9.85. The van der Waals surface area contributed by atoms with Crippen molar-refractivity contribution in [2.75, 3.05) is 0 Å². The van der Waals surface area contributed by atoms with Crippen LogP contribution in [0.5, 0.6) is 0 Å². The summed E-state index contributed by atoms with van der Waals surface area (Å²) in [7, 11) is 0. The van der Waals surface area contributed by atoms with Crippen LogP contribution in [0.15, 0.2) is 0 Å². The van der Waals surface area contributed by atoms with Crippen LogP contribution in [0.1, 0.15) is 52.4 Å². The highest BCUT2D eigenvalue weighted by molar-refractivity contribution is 5.96. The summed E-state index contributed by atoms with van der Waals surface area (Å²) in [6.07, 6.45) is 5.20. The third kappa shape index (κ3) is 4.45. The topological polar surface area (TPSA) is 43.4 Å². The van der Waals surface area contributed by atoms with E-state index in [2.05, 4.69) is 0 Å². The fourth-order valence-corrected chi connectivity index (χ4v) is 2.02. The molecule has 1 aliphatic carbocycles. The minimum Gasteiger partial charge on any atom is -0.463 e. The van der Waals surface area contributed by atoms with Crippen LogP contribution in [0, 0.1) is 5.92 Å². The first-order chi connectivity index (χ1) is 7.09. The Morgan fingerprint density at radius 2 is 1.80 bits per heavy atom. The van der Waals surface area contributed by atoms with Crippen molar-refractivity contribution in [1.82, 2.24) is 0 Å². The van der Waals surface area contributed by atoms with Crippen LogP contribution >= 0.6 is 0 Å². The molecule has 0 bridgehead atoms. The largest absolute Gasteiger partial charge is 0.463 e. The number of carbonyl (C=O) groups is 2. The number of hydrogen-bond donors (Lipinski definition) is 0. The summed E-state index contributed by atoms with van der Waals surface area (Å²) in [6, 6.07) is 0. The predicted octanol–water partition coefficient (Wildman–Crippen LogP) is 2.48. The summed E-state index contributed by atoms with van der Waals surface area (Å²) >= 11 is 0. The second-order valence-corrected chi connectivity index (χ2v) is 4.52. The predicted molar refractivity (Wildman–Crippen MR) is 57.4 cm³/mol. The molecule has 3 nitrogen and oxygen atoms in total. The van der Waals surface area contributed by atoms with Gasteiger partial charge in [0.2, 0.25) is 0 Å². The average Bonchev–Trinajstić information content (AvgIpc) is 2.17. The lowest BCUT2D eigenvalue weighted by molar-refractivity contribution is -0.150. The highest BCUT2D eigenvalue weighted by Crippen LogP contribution is 2.25. The second-order valence-electron chi connectivity index (χ2n) is 4.52. The maximum Gasteiger partial charge on any atom is 0.313 e. The minimum atomic E-state index is -0.374. The Morgan fingerprint density at radius 1 is 1.20 bits per heavy atom. The third-order valence-corrected chi connectivity index (χ3v) is 2.75. The molecule has 0 aliphatic heterocycles. The molecule has 1 saturated carbocycles. The van der Waals surface area contributed by atoms with E-state index in [4.69, 9.17) is 4.74 Å². The molecule has 0 amide bonds. The lowest BCUT2D eigenvalue weighted by Crippen LogP contribution is -2.22. The first-order valence-electron chi connectivity index (χ1n) is 5.82. The Morgan fingerprint density at radius 3 is 2.33 bits per heavy atom. The second kappa shape index (κ2) is 5.89. The fourth-order valence-electron chi connectivity index (χ4n) is 2.02. The molecule has 0 heterocycles. The fraction of sp³-hybridized carbons (Fsp3) is 0.833. The van der Waals surface area contributed by atoms with Crippen molar-refractivity contribution in [3.8, 4) is 0 Å². The monoisotopic (exact) mass is 212 g/mol. The van der Waals surface area contributed by atoms with Gasteiger partial charge in [-0.25, -0.2) is 0 Å². The lowest BCUT2D eigenvalue weighted by Gasteiger charge is -2.20. The Bertz CT molecular complexity index is 227. The van der Waals surface area contributed by atoms with Crippen LogP contribution in [0.4, 0.5) is 0 Å². The molecular formula is C12H20O3. The number of ketones is 1. The maximum absolute atomic E-state index is 11.7. The van der Waals surface area contributed by atoms with E-state index in [1.807, 2.05) is 0 Å². The van der Waals surface area contributed by atoms with Crippen LogP contribution < -0.4 is 0 Å². The van der Waals surface area contributed by atoms with E-state index in [1.54, 1.807) is 13.8 Å². The number of carbonyl (C=O) groups excluding carboxylic acids is 2. The van der Waals surface area contributed by atoms with E-state index in [1.165, 1.54) is 6.42 Å². The molecule has 0 N–H and O–H groups in total. The molecule has 0 radical (unpaired) electrons. The Hall–Kier alpha value is -0.860. The molecule has 1 rings (SSSR count). The number of hydrogen-bond acceptors (Lipinski definition) is 3. The van der Waals surface area contributed by atoms with E-state index in [-0.39, 0.29) is 30.2 Å². The van der Waals surface area contributed by atoms with Crippen molar-refractivity contribution < 1.29 is 14.3 Å². The highest BCUT2D eigenvalue weighted by Gasteiger charge is 2.23. The summed E-state index contributed by atoms with van der Waals surface area (Å²) in [4.78, 5) is 23.0. The Labute approximate surface area is 91.2 Å². The maximum atomic E-state index is 11.7. The summed E-state index contributed by atoms with van der Waals surface area (Å²) in [5.74, 6) is -0.195. The third-order valence-electron chi connectivity index (χ3n) is 2.75. The van der Waals surface area contributed by atoms with Gasteiger partial charge in [0.15, 0.2) is 0 Å². The van der Waals surface area contributed by atoms with Gasteiger partial charge in [-0.15, -0.1) is 0 Å². The molecule has 0 spiro atoms. The summed E-state index contributed by atoms with van der Waals surface area (Å²) in [6.45, 7) is 3.59. The molecule has 1 aliphatic rings. The molecule has 0 aromatic heterocycles. The molecule has 0 aromatic rings. The van der Waals surface area contributed by atoms with Crippen molar-refractivity contribution in [1.29, 1.82) is 0 Å². The Balaban J connectivity index is 2.30. The smallest absolute Gasteiger partial charge is 0.313 e. The van der Waals surface area contributed by atoms with E-state index in [0.717, 1.165) is 25.7 Å². The van der Waals surface area contributed by atoms with Gasteiger partial charge < -0.3 is 4.74 Å². The molecular weight excluding hydrogens is 192 g/mol. The van der Waals surface area contributed by atoms with Crippen molar-refractivity contribution in [3.63, 3.8) is 0 Å². The van der Waals surface area contributed by atoms with Crippen LogP contribution in [-0.2, 0) is 14.3 Å². The quantitative estimate of drug-likeness (QED) is 0.531. The zero-order valence-electron chi connectivity index (χ0n) is 9.62. The Kier molecular flexibility index (Phi) is 4.79. The molecule has 3 heteroatoms. The van der Waals surface area contributed by atoms with E-state index >= 15 is 0 Å². The number of rotatable bonds is 4. The molecule has 0 atom stereocenters. The van der Waals surface area contributed by atoms with Gasteiger partial charge in [0.25, 0.3) is 0 Å². The van der Waals surface area contributed by atoms with Gasteiger partial charge in [-0.1, -0.05) is 19.3 Å². The normalized spacial score (nSPS) is 17.8. The number of esters is 1. The van der Waals surface area contributed by atoms with Gasteiger partial charge in [0, 0.05) is 5.92 Å².